The molecule has 0 bridgehead atoms. The molecule has 0 fully saturated rings. The monoisotopic (exact) mass is 201 g/mol. The largest absolute Gasteiger partial charge is 0.383 e. The molecular weight excluding hydrogens is 186 g/mol. The van der Waals surface area contributed by atoms with Crippen LogP contribution < -0.4 is 11.5 Å². The second-order valence-corrected chi connectivity index (χ2v) is 2.87. The van der Waals surface area contributed by atoms with Crippen molar-refractivity contribution in [3.63, 3.8) is 0 Å². The summed E-state index contributed by atoms with van der Waals surface area (Å²) in [6, 6.07) is 3.83. The number of aromatic nitrogens is 1. The molecule has 0 saturated heterocycles. The molecule has 0 unspecified atom stereocenters. The van der Waals surface area contributed by atoms with E-state index in [0.717, 1.165) is 18.4 Å². The van der Waals surface area contributed by atoms with Gasteiger partial charge >= 0.3 is 0 Å². The Kier molecular flexibility index (Phi) is 5.42. The Hall–Kier alpha value is -0.800. The standard InChI is InChI=1S/C9H15N3.ClH/c1-2-4-8(10)7-5-3-6-12-9(7)11;/h3,5-6,8H,2,4,10H2,1H3,(H2,11,12);1H/t8-;/m0./s1. The lowest BCUT2D eigenvalue weighted by molar-refractivity contribution is 0.638. The van der Waals surface area contributed by atoms with Gasteiger partial charge in [0, 0.05) is 17.8 Å². The first-order valence-electron chi connectivity index (χ1n) is 4.21. The number of nitrogen functional groups attached to an aromatic ring is 1. The third-order valence-electron chi connectivity index (χ3n) is 1.87. The van der Waals surface area contributed by atoms with Crippen LogP contribution in [0.4, 0.5) is 5.82 Å². The Bertz CT molecular complexity index is 252. The van der Waals surface area contributed by atoms with E-state index in [1.165, 1.54) is 0 Å². The summed E-state index contributed by atoms with van der Waals surface area (Å²) in [4.78, 5) is 3.98. The quantitative estimate of drug-likeness (QED) is 0.785. The lowest BCUT2D eigenvalue weighted by atomic mass is 10.0. The Balaban J connectivity index is 0.00000144. The SMILES string of the molecule is CCC[C@H](N)c1cccnc1N.Cl. The van der Waals surface area contributed by atoms with Gasteiger partial charge in [0.1, 0.15) is 5.82 Å². The lowest BCUT2D eigenvalue weighted by Crippen LogP contribution is -2.12. The maximum absolute atomic E-state index is 5.89. The van der Waals surface area contributed by atoms with E-state index >= 15 is 0 Å². The lowest BCUT2D eigenvalue weighted by Gasteiger charge is -2.11. The molecule has 1 aromatic heterocycles. The average Bonchev–Trinajstić information content (AvgIpc) is 2.05. The first-order valence-corrected chi connectivity index (χ1v) is 4.21. The molecule has 3 nitrogen and oxygen atoms in total. The van der Waals surface area contributed by atoms with Crippen LogP contribution in [-0.4, -0.2) is 4.98 Å². The van der Waals surface area contributed by atoms with Gasteiger partial charge in [0.05, 0.1) is 0 Å². The molecule has 1 heterocycles. The maximum Gasteiger partial charge on any atom is 0.128 e. The summed E-state index contributed by atoms with van der Waals surface area (Å²) in [6.07, 6.45) is 3.70. The van der Waals surface area contributed by atoms with Gasteiger partial charge in [-0.15, -0.1) is 12.4 Å². The summed E-state index contributed by atoms with van der Waals surface area (Å²) in [6.45, 7) is 2.10. The topological polar surface area (TPSA) is 64.9 Å². The van der Waals surface area contributed by atoms with E-state index in [1.807, 2.05) is 12.1 Å². The predicted molar refractivity (Wildman–Crippen MR) is 57.7 cm³/mol. The Morgan fingerprint density at radius 2 is 2.23 bits per heavy atom. The van der Waals surface area contributed by atoms with E-state index in [0.29, 0.717) is 5.82 Å². The number of hydrogen-bond acceptors (Lipinski definition) is 3. The van der Waals surface area contributed by atoms with Crippen LogP contribution in [0.2, 0.25) is 0 Å². The number of rotatable bonds is 3. The van der Waals surface area contributed by atoms with Gasteiger partial charge < -0.3 is 11.5 Å². The van der Waals surface area contributed by atoms with E-state index < -0.39 is 0 Å². The van der Waals surface area contributed by atoms with E-state index in [4.69, 9.17) is 11.5 Å². The van der Waals surface area contributed by atoms with Crippen LogP contribution in [0.15, 0.2) is 18.3 Å². The summed E-state index contributed by atoms with van der Waals surface area (Å²) < 4.78 is 0. The Morgan fingerprint density at radius 3 is 2.77 bits per heavy atom. The number of halogens is 1. The zero-order valence-corrected chi connectivity index (χ0v) is 8.55. The van der Waals surface area contributed by atoms with Crippen molar-refractivity contribution >= 4 is 18.2 Å². The zero-order valence-electron chi connectivity index (χ0n) is 7.73. The number of nitrogens with two attached hydrogens (primary N) is 2. The third-order valence-corrected chi connectivity index (χ3v) is 1.87. The summed E-state index contributed by atoms with van der Waals surface area (Å²) >= 11 is 0. The van der Waals surface area contributed by atoms with Crippen molar-refractivity contribution in [3.8, 4) is 0 Å². The molecule has 1 rings (SSSR count). The van der Waals surface area contributed by atoms with E-state index in [-0.39, 0.29) is 18.4 Å². The van der Waals surface area contributed by atoms with Crippen LogP contribution in [0.1, 0.15) is 31.4 Å². The maximum atomic E-state index is 5.89. The second kappa shape index (κ2) is 5.78. The van der Waals surface area contributed by atoms with Crippen molar-refractivity contribution < 1.29 is 0 Å². The summed E-state index contributed by atoms with van der Waals surface area (Å²) in [5.74, 6) is 0.554. The number of pyridine rings is 1. The highest BCUT2D eigenvalue weighted by Gasteiger charge is 2.07. The molecule has 0 aliphatic rings. The number of hydrogen-bond donors (Lipinski definition) is 2. The minimum absolute atomic E-state index is 0. The van der Waals surface area contributed by atoms with Gasteiger partial charge in [-0.3, -0.25) is 0 Å². The first kappa shape index (κ1) is 12.2. The third kappa shape index (κ3) is 3.20. The molecule has 13 heavy (non-hydrogen) atoms. The number of anilines is 1. The fourth-order valence-electron chi connectivity index (χ4n) is 1.21. The normalized spacial score (nSPS) is 11.8. The molecular formula is C9H16ClN3. The van der Waals surface area contributed by atoms with Crippen molar-refractivity contribution in [2.75, 3.05) is 5.73 Å². The van der Waals surface area contributed by atoms with Crippen LogP contribution in [0.5, 0.6) is 0 Å². The molecule has 0 radical (unpaired) electrons. The Labute approximate surface area is 84.9 Å². The molecule has 4 N–H and O–H groups in total. The highest BCUT2D eigenvalue weighted by atomic mass is 35.5. The van der Waals surface area contributed by atoms with Crippen LogP contribution >= 0.6 is 12.4 Å². The molecule has 74 valence electrons. The van der Waals surface area contributed by atoms with Crippen molar-refractivity contribution in [1.29, 1.82) is 0 Å². The van der Waals surface area contributed by atoms with Crippen LogP contribution in [0, 0.1) is 0 Å². The van der Waals surface area contributed by atoms with Crippen LogP contribution in [0.25, 0.3) is 0 Å². The number of nitrogens with zero attached hydrogens (tertiary/aromatic N) is 1. The van der Waals surface area contributed by atoms with E-state index in [2.05, 4.69) is 11.9 Å². The highest BCUT2D eigenvalue weighted by Crippen LogP contribution is 2.19. The molecule has 4 heteroatoms. The molecule has 0 spiro atoms. The molecule has 0 aliphatic carbocycles. The van der Waals surface area contributed by atoms with Crippen molar-refractivity contribution in [1.82, 2.24) is 4.98 Å². The smallest absolute Gasteiger partial charge is 0.128 e. The van der Waals surface area contributed by atoms with Gasteiger partial charge in [-0.25, -0.2) is 4.98 Å². The summed E-state index contributed by atoms with van der Waals surface area (Å²) in [5.41, 5.74) is 12.5. The summed E-state index contributed by atoms with van der Waals surface area (Å²) in [7, 11) is 0. The fraction of sp³-hybridized carbons (Fsp3) is 0.444. The van der Waals surface area contributed by atoms with Gasteiger partial charge in [-0.2, -0.15) is 0 Å². The molecule has 0 aliphatic heterocycles. The van der Waals surface area contributed by atoms with Crippen molar-refractivity contribution in [2.45, 2.75) is 25.8 Å². The van der Waals surface area contributed by atoms with E-state index in [1.54, 1.807) is 6.20 Å². The Morgan fingerprint density at radius 1 is 1.54 bits per heavy atom. The minimum Gasteiger partial charge on any atom is -0.383 e. The molecule has 0 saturated carbocycles. The van der Waals surface area contributed by atoms with Gasteiger partial charge in [-0.05, 0) is 12.5 Å². The van der Waals surface area contributed by atoms with Crippen LogP contribution in [-0.2, 0) is 0 Å². The highest BCUT2D eigenvalue weighted by molar-refractivity contribution is 5.85. The van der Waals surface area contributed by atoms with E-state index in [9.17, 15) is 0 Å². The van der Waals surface area contributed by atoms with Gasteiger partial charge in [0.25, 0.3) is 0 Å². The molecule has 0 aromatic carbocycles. The van der Waals surface area contributed by atoms with Gasteiger partial charge in [0.15, 0.2) is 0 Å². The zero-order chi connectivity index (χ0) is 8.97. The summed E-state index contributed by atoms with van der Waals surface area (Å²) in [5, 5.41) is 0. The molecule has 1 atom stereocenters. The van der Waals surface area contributed by atoms with Gasteiger partial charge in [0.2, 0.25) is 0 Å². The average molecular weight is 202 g/mol. The molecule has 1 aromatic rings. The predicted octanol–water partition coefficient (Wildman–Crippen LogP) is 1.89. The van der Waals surface area contributed by atoms with Crippen molar-refractivity contribution in [2.24, 2.45) is 5.73 Å². The minimum atomic E-state index is 0. The van der Waals surface area contributed by atoms with Crippen LogP contribution in [0.3, 0.4) is 0 Å². The van der Waals surface area contributed by atoms with Gasteiger partial charge in [-0.1, -0.05) is 19.4 Å². The first-order chi connectivity index (χ1) is 5.75. The molecule has 0 amide bonds. The van der Waals surface area contributed by atoms with Crippen molar-refractivity contribution in [3.05, 3.63) is 23.9 Å². The second-order valence-electron chi connectivity index (χ2n) is 2.87. The fourth-order valence-corrected chi connectivity index (χ4v) is 1.21.